The van der Waals surface area contributed by atoms with E-state index in [4.69, 9.17) is 9.47 Å². The fourth-order valence-corrected chi connectivity index (χ4v) is 2.30. The lowest BCUT2D eigenvalue weighted by atomic mass is 9.96. The number of piperidine rings is 1. The fourth-order valence-electron chi connectivity index (χ4n) is 2.30. The monoisotopic (exact) mass is 300 g/mol. The molecule has 1 N–H and O–H groups in total. The molecule has 0 aromatic heterocycles. The maximum Gasteiger partial charge on any atom is 0.410 e. The smallest absolute Gasteiger partial charge is 0.410 e. The predicted octanol–water partition coefficient (Wildman–Crippen LogP) is 2.65. The number of hydrogen-bond donors (Lipinski definition) is 1. The summed E-state index contributed by atoms with van der Waals surface area (Å²) in [6.45, 7) is 13.3. The van der Waals surface area contributed by atoms with E-state index in [9.17, 15) is 4.79 Å². The van der Waals surface area contributed by atoms with E-state index in [1.807, 2.05) is 25.7 Å². The van der Waals surface area contributed by atoms with Gasteiger partial charge in [-0.3, -0.25) is 0 Å². The number of nitrogens with one attached hydrogen (secondary N) is 1. The molecule has 124 valence electrons. The lowest BCUT2D eigenvalue weighted by Gasteiger charge is -2.34. The summed E-state index contributed by atoms with van der Waals surface area (Å²) < 4.78 is 10.8. The van der Waals surface area contributed by atoms with Crippen molar-refractivity contribution in [3.05, 3.63) is 0 Å². The number of nitrogens with zero attached hydrogens (tertiary/aromatic N) is 1. The average molecular weight is 300 g/mol. The number of hydrogen-bond acceptors (Lipinski definition) is 4. The maximum absolute atomic E-state index is 12.0. The molecule has 21 heavy (non-hydrogen) atoms. The Balaban J connectivity index is 2.25. The van der Waals surface area contributed by atoms with Crippen molar-refractivity contribution >= 4 is 6.09 Å². The Hall–Kier alpha value is -0.810. The molecule has 1 aliphatic heterocycles. The van der Waals surface area contributed by atoms with E-state index in [0.717, 1.165) is 39.0 Å². The number of carbonyl (C=O) groups is 1. The topological polar surface area (TPSA) is 50.8 Å². The summed E-state index contributed by atoms with van der Waals surface area (Å²) in [6.07, 6.45) is 1.87. The molecule has 1 heterocycles. The van der Waals surface area contributed by atoms with E-state index in [2.05, 4.69) is 19.2 Å². The van der Waals surface area contributed by atoms with Crippen LogP contribution in [0.5, 0.6) is 0 Å². The molecule has 1 rings (SSSR count). The summed E-state index contributed by atoms with van der Waals surface area (Å²) in [5.41, 5.74) is -0.543. The van der Waals surface area contributed by atoms with Gasteiger partial charge in [0.1, 0.15) is 5.60 Å². The molecule has 0 radical (unpaired) electrons. The van der Waals surface area contributed by atoms with Crippen LogP contribution >= 0.6 is 0 Å². The van der Waals surface area contributed by atoms with Crippen LogP contribution in [0.3, 0.4) is 0 Å². The van der Waals surface area contributed by atoms with Crippen molar-refractivity contribution in [1.82, 2.24) is 10.2 Å². The third-order valence-corrected chi connectivity index (χ3v) is 3.80. The predicted molar refractivity (Wildman–Crippen MR) is 84.5 cm³/mol. The van der Waals surface area contributed by atoms with Crippen LogP contribution in [-0.2, 0) is 9.47 Å². The minimum absolute atomic E-state index is 0.128. The van der Waals surface area contributed by atoms with Gasteiger partial charge in [-0.15, -0.1) is 0 Å². The highest BCUT2D eigenvalue weighted by Crippen LogP contribution is 2.19. The molecule has 1 amide bonds. The average Bonchev–Trinajstić information content (AvgIpc) is 2.37. The molecule has 0 atom stereocenters. The van der Waals surface area contributed by atoms with Crippen molar-refractivity contribution < 1.29 is 14.3 Å². The molecule has 5 heteroatoms. The van der Waals surface area contributed by atoms with Crippen LogP contribution < -0.4 is 5.32 Å². The number of likely N-dealkylation sites (tertiary alicyclic amines) is 1. The molecule has 1 fully saturated rings. The number of rotatable bonds is 5. The minimum Gasteiger partial charge on any atom is -0.444 e. The molecule has 0 aliphatic carbocycles. The first kappa shape index (κ1) is 18.2. The van der Waals surface area contributed by atoms with E-state index in [1.54, 1.807) is 7.11 Å². The Kier molecular flexibility index (Phi) is 6.47. The molecule has 1 aliphatic rings. The van der Waals surface area contributed by atoms with E-state index in [1.165, 1.54) is 0 Å². The quantitative estimate of drug-likeness (QED) is 0.848. The second-order valence-electron chi connectivity index (χ2n) is 7.51. The second kappa shape index (κ2) is 7.45. The number of amides is 1. The highest BCUT2D eigenvalue weighted by Gasteiger charge is 2.27. The Morgan fingerprint density at radius 2 is 1.76 bits per heavy atom. The van der Waals surface area contributed by atoms with Crippen LogP contribution in [0.4, 0.5) is 4.79 Å². The van der Waals surface area contributed by atoms with Crippen LogP contribution in [-0.4, -0.2) is 55.5 Å². The summed E-state index contributed by atoms with van der Waals surface area (Å²) in [6, 6.07) is 0. The Morgan fingerprint density at radius 1 is 1.19 bits per heavy atom. The van der Waals surface area contributed by atoms with Crippen molar-refractivity contribution in [3.63, 3.8) is 0 Å². The normalized spacial score (nSPS) is 17.9. The largest absolute Gasteiger partial charge is 0.444 e. The first-order valence-corrected chi connectivity index (χ1v) is 7.87. The molecule has 5 nitrogen and oxygen atoms in total. The molecular formula is C16H32N2O3. The Morgan fingerprint density at radius 3 is 2.24 bits per heavy atom. The number of ether oxygens (including phenoxy) is 2. The van der Waals surface area contributed by atoms with Crippen LogP contribution in [0.2, 0.25) is 0 Å². The standard InChI is InChI=1S/C16H32N2O3/c1-15(2,3)21-14(19)18-9-7-13(8-10-18)11-17-12-16(4,5)20-6/h13,17H,7-12H2,1-6H3. The third kappa shape index (κ3) is 7.14. The highest BCUT2D eigenvalue weighted by atomic mass is 16.6. The third-order valence-electron chi connectivity index (χ3n) is 3.80. The van der Waals surface area contributed by atoms with Gasteiger partial charge < -0.3 is 19.7 Å². The molecule has 0 spiro atoms. The molecule has 0 saturated carbocycles. The minimum atomic E-state index is -0.415. The maximum atomic E-state index is 12.0. The summed E-state index contributed by atoms with van der Waals surface area (Å²) in [5, 5.41) is 3.47. The molecule has 1 saturated heterocycles. The summed E-state index contributed by atoms with van der Waals surface area (Å²) >= 11 is 0. The van der Waals surface area contributed by atoms with Gasteiger partial charge in [0.2, 0.25) is 0 Å². The van der Waals surface area contributed by atoms with Gasteiger partial charge in [0.25, 0.3) is 0 Å². The van der Waals surface area contributed by atoms with E-state index in [-0.39, 0.29) is 11.7 Å². The number of carbonyl (C=O) groups excluding carboxylic acids is 1. The van der Waals surface area contributed by atoms with Crippen molar-refractivity contribution in [3.8, 4) is 0 Å². The van der Waals surface area contributed by atoms with Crippen molar-refractivity contribution in [2.45, 2.75) is 58.7 Å². The van der Waals surface area contributed by atoms with E-state index < -0.39 is 5.60 Å². The SMILES string of the molecule is COC(C)(C)CNCC1CCN(C(=O)OC(C)(C)C)CC1. The van der Waals surface area contributed by atoms with Gasteiger partial charge in [-0.25, -0.2) is 4.79 Å². The zero-order chi connectivity index (χ0) is 16.1. The van der Waals surface area contributed by atoms with E-state index in [0.29, 0.717) is 5.92 Å². The van der Waals surface area contributed by atoms with Crippen LogP contribution in [0.25, 0.3) is 0 Å². The molecule has 0 bridgehead atoms. The number of methoxy groups -OCH3 is 1. The van der Waals surface area contributed by atoms with Crippen LogP contribution in [0.15, 0.2) is 0 Å². The van der Waals surface area contributed by atoms with Gasteiger partial charge in [0.15, 0.2) is 0 Å². The van der Waals surface area contributed by atoms with Crippen LogP contribution in [0, 0.1) is 5.92 Å². The fraction of sp³-hybridized carbons (Fsp3) is 0.938. The highest BCUT2D eigenvalue weighted by molar-refractivity contribution is 5.68. The van der Waals surface area contributed by atoms with E-state index >= 15 is 0 Å². The van der Waals surface area contributed by atoms with Crippen LogP contribution in [0.1, 0.15) is 47.5 Å². The molecule has 0 aromatic carbocycles. The zero-order valence-corrected chi connectivity index (χ0v) is 14.5. The Bertz CT molecular complexity index is 329. The first-order chi connectivity index (χ1) is 9.63. The first-order valence-electron chi connectivity index (χ1n) is 7.87. The van der Waals surface area contributed by atoms with Gasteiger partial charge in [-0.2, -0.15) is 0 Å². The summed E-state index contributed by atoms with van der Waals surface area (Å²) in [5.74, 6) is 0.622. The lowest BCUT2D eigenvalue weighted by molar-refractivity contribution is 0.0160. The van der Waals surface area contributed by atoms with Gasteiger partial charge in [-0.1, -0.05) is 0 Å². The van der Waals surface area contributed by atoms with Gasteiger partial charge in [-0.05, 0) is 59.9 Å². The molecule has 0 unspecified atom stereocenters. The summed E-state index contributed by atoms with van der Waals surface area (Å²) in [7, 11) is 1.74. The second-order valence-corrected chi connectivity index (χ2v) is 7.51. The van der Waals surface area contributed by atoms with Gasteiger partial charge in [0, 0.05) is 26.7 Å². The Labute approximate surface area is 129 Å². The van der Waals surface area contributed by atoms with Crippen molar-refractivity contribution in [2.24, 2.45) is 5.92 Å². The van der Waals surface area contributed by atoms with Gasteiger partial charge >= 0.3 is 6.09 Å². The lowest BCUT2D eigenvalue weighted by Crippen LogP contribution is -2.44. The van der Waals surface area contributed by atoms with Crippen molar-refractivity contribution in [1.29, 1.82) is 0 Å². The molecule has 0 aromatic rings. The zero-order valence-electron chi connectivity index (χ0n) is 14.5. The van der Waals surface area contributed by atoms with Gasteiger partial charge in [0.05, 0.1) is 5.60 Å². The molecular weight excluding hydrogens is 268 g/mol. The summed E-state index contributed by atoms with van der Waals surface area (Å²) in [4.78, 5) is 13.8. The van der Waals surface area contributed by atoms with Crippen molar-refractivity contribution in [2.75, 3.05) is 33.3 Å².